The van der Waals surface area contributed by atoms with Crippen molar-refractivity contribution in [3.05, 3.63) is 42.5 Å². The zero-order valence-electron chi connectivity index (χ0n) is 16.8. The van der Waals surface area contributed by atoms with Crippen molar-refractivity contribution >= 4 is 10.9 Å². The number of alkyl halides is 3. The van der Waals surface area contributed by atoms with Crippen LogP contribution in [-0.2, 0) is 6.54 Å². The van der Waals surface area contributed by atoms with Crippen LogP contribution in [0.15, 0.2) is 36.9 Å². The molecule has 0 spiro atoms. The lowest BCUT2D eigenvalue weighted by Crippen LogP contribution is -2.17. The second-order valence-corrected chi connectivity index (χ2v) is 6.85. The molecule has 8 nitrogen and oxygen atoms in total. The van der Waals surface area contributed by atoms with Crippen LogP contribution in [0.4, 0.5) is 13.2 Å². The molecule has 0 bridgehead atoms. The van der Waals surface area contributed by atoms with Crippen molar-refractivity contribution in [3.8, 4) is 34.5 Å². The molecule has 1 N–H and O–H groups in total. The van der Waals surface area contributed by atoms with Gasteiger partial charge in [-0.2, -0.15) is 18.3 Å². The Morgan fingerprint density at radius 2 is 1.87 bits per heavy atom. The number of hydrogen-bond donors (Lipinski definition) is 1. The fraction of sp³-hybridized carbons (Fsp3) is 0.250. The highest BCUT2D eigenvalue weighted by Crippen LogP contribution is 2.36. The maximum absolute atomic E-state index is 12.6. The number of halogens is 3. The van der Waals surface area contributed by atoms with Gasteiger partial charge in [0.1, 0.15) is 12.3 Å². The minimum atomic E-state index is -4.40. The summed E-state index contributed by atoms with van der Waals surface area (Å²) in [4.78, 5) is 8.79. The minimum Gasteiger partial charge on any atom is -0.496 e. The first-order chi connectivity index (χ1) is 14.7. The molecule has 4 aromatic heterocycles. The van der Waals surface area contributed by atoms with Crippen molar-refractivity contribution in [2.75, 3.05) is 14.2 Å². The lowest BCUT2D eigenvalue weighted by molar-refractivity contribution is -0.142. The zero-order valence-corrected chi connectivity index (χ0v) is 16.8. The van der Waals surface area contributed by atoms with E-state index in [4.69, 9.17) is 9.47 Å². The van der Waals surface area contributed by atoms with Gasteiger partial charge in [-0.15, -0.1) is 0 Å². The van der Waals surface area contributed by atoms with Gasteiger partial charge in [-0.3, -0.25) is 9.25 Å². The number of methoxy groups -OCH3 is 2. The number of aryl methyl sites for hydroxylation is 1. The van der Waals surface area contributed by atoms with Crippen molar-refractivity contribution in [1.82, 2.24) is 24.3 Å². The first-order valence-corrected chi connectivity index (χ1v) is 9.10. The van der Waals surface area contributed by atoms with Crippen LogP contribution in [0.5, 0.6) is 17.5 Å². The SMILES string of the molecule is COc1cc(OC)c(-c2cc(C)c3c(O)n(-c4cnn(CC(F)(F)F)c4)cc3n2)cn1. The molecule has 0 atom stereocenters. The number of rotatable bonds is 5. The first kappa shape index (κ1) is 20.5. The third-order valence-corrected chi connectivity index (χ3v) is 4.73. The van der Waals surface area contributed by atoms with Crippen LogP contribution >= 0.6 is 0 Å². The van der Waals surface area contributed by atoms with E-state index < -0.39 is 12.7 Å². The molecule has 4 heterocycles. The predicted molar refractivity (Wildman–Crippen MR) is 106 cm³/mol. The topological polar surface area (TPSA) is 87.2 Å². The molecule has 4 aromatic rings. The van der Waals surface area contributed by atoms with Gasteiger partial charge in [0.2, 0.25) is 11.8 Å². The molecule has 4 rings (SSSR count). The van der Waals surface area contributed by atoms with Gasteiger partial charge in [0, 0.05) is 24.7 Å². The standard InChI is InChI=1S/C20H18F3N5O3/c1-11-4-14(13-7-24-17(31-3)5-16(13)30-2)26-15-9-28(19(29)18(11)15)12-6-25-27(8-12)10-20(21,22)23/h4-9,29H,10H2,1-3H3. The van der Waals surface area contributed by atoms with E-state index >= 15 is 0 Å². The number of aromatic nitrogens is 5. The fourth-order valence-electron chi connectivity index (χ4n) is 3.36. The zero-order chi connectivity index (χ0) is 22.3. The number of aromatic hydroxyl groups is 1. The summed E-state index contributed by atoms with van der Waals surface area (Å²) < 4.78 is 50.5. The van der Waals surface area contributed by atoms with Crippen LogP contribution in [0.2, 0.25) is 0 Å². The normalized spacial score (nSPS) is 11.8. The second-order valence-electron chi connectivity index (χ2n) is 6.85. The van der Waals surface area contributed by atoms with Crippen molar-refractivity contribution in [2.45, 2.75) is 19.6 Å². The Balaban J connectivity index is 1.80. The quantitative estimate of drug-likeness (QED) is 0.514. The first-order valence-electron chi connectivity index (χ1n) is 9.10. The Hall–Kier alpha value is -3.76. The average Bonchev–Trinajstić information content (AvgIpc) is 3.30. The van der Waals surface area contributed by atoms with Crippen LogP contribution in [0.1, 0.15) is 5.56 Å². The number of fused-ring (bicyclic) bond motifs is 1. The van der Waals surface area contributed by atoms with Gasteiger partial charge in [-0.1, -0.05) is 0 Å². The Morgan fingerprint density at radius 3 is 2.55 bits per heavy atom. The molecule has 11 heteroatoms. The maximum atomic E-state index is 12.6. The summed E-state index contributed by atoms with van der Waals surface area (Å²) in [7, 11) is 3.02. The van der Waals surface area contributed by atoms with Crippen LogP contribution in [0.25, 0.3) is 27.8 Å². The highest BCUT2D eigenvalue weighted by molar-refractivity contribution is 5.91. The lowest BCUT2D eigenvalue weighted by Gasteiger charge is -2.10. The summed E-state index contributed by atoms with van der Waals surface area (Å²) >= 11 is 0. The second kappa shape index (κ2) is 7.49. The van der Waals surface area contributed by atoms with Crippen molar-refractivity contribution < 1.29 is 27.8 Å². The van der Waals surface area contributed by atoms with Crippen molar-refractivity contribution in [1.29, 1.82) is 0 Å². The molecule has 0 aliphatic heterocycles. The third kappa shape index (κ3) is 3.86. The summed E-state index contributed by atoms with van der Waals surface area (Å²) in [6.45, 7) is 0.578. The smallest absolute Gasteiger partial charge is 0.408 e. The van der Waals surface area contributed by atoms with Crippen LogP contribution in [-0.4, -0.2) is 49.8 Å². The van der Waals surface area contributed by atoms with Gasteiger partial charge in [-0.25, -0.2) is 9.97 Å². The molecule has 0 aromatic carbocycles. The van der Waals surface area contributed by atoms with Gasteiger partial charge in [0.15, 0.2) is 0 Å². The summed E-state index contributed by atoms with van der Waals surface area (Å²) in [5, 5.41) is 14.9. The predicted octanol–water partition coefficient (Wildman–Crippen LogP) is 3.88. The molecule has 162 valence electrons. The van der Waals surface area contributed by atoms with Crippen molar-refractivity contribution in [2.24, 2.45) is 0 Å². The van der Waals surface area contributed by atoms with Gasteiger partial charge in [-0.05, 0) is 18.6 Å². The molecule has 0 amide bonds. The molecule has 0 saturated carbocycles. The van der Waals surface area contributed by atoms with E-state index in [1.165, 1.54) is 31.2 Å². The molecule has 0 saturated heterocycles. The van der Waals surface area contributed by atoms with E-state index in [1.54, 1.807) is 31.5 Å². The van der Waals surface area contributed by atoms with E-state index in [9.17, 15) is 18.3 Å². The molecule has 31 heavy (non-hydrogen) atoms. The van der Waals surface area contributed by atoms with Crippen molar-refractivity contribution in [3.63, 3.8) is 0 Å². The molecular weight excluding hydrogens is 415 g/mol. The van der Waals surface area contributed by atoms with E-state index in [1.807, 2.05) is 0 Å². The highest BCUT2D eigenvalue weighted by Gasteiger charge is 2.28. The fourth-order valence-corrected chi connectivity index (χ4v) is 3.36. The van der Waals surface area contributed by atoms with Crippen LogP contribution in [0, 0.1) is 6.92 Å². The molecular formula is C20H18F3N5O3. The van der Waals surface area contributed by atoms with E-state index in [0.717, 1.165) is 10.2 Å². The third-order valence-electron chi connectivity index (χ3n) is 4.73. The average molecular weight is 433 g/mol. The van der Waals surface area contributed by atoms with Gasteiger partial charge in [0.05, 0.1) is 48.3 Å². The number of pyridine rings is 2. The Morgan fingerprint density at radius 1 is 1.10 bits per heavy atom. The highest BCUT2D eigenvalue weighted by atomic mass is 19.4. The number of ether oxygens (including phenoxy) is 2. The molecule has 0 radical (unpaired) electrons. The summed E-state index contributed by atoms with van der Waals surface area (Å²) in [6.07, 6.45) is 1.17. The van der Waals surface area contributed by atoms with E-state index in [0.29, 0.717) is 33.8 Å². The molecule has 0 aliphatic carbocycles. The maximum Gasteiger partial charge on any atom is 0.408 e. The largest absolute Gasteiger partial charge is 0.496 e. The van der Waals surface area contributed by atoms with E-state index in [-0.39, 0.29) is 11.6 Å². The molecule has 0 unspecified atom stereocenters. The summed E-state index contributed by atoms with van der Waals surface area (Å²) in [5.41, 5.74) is 2.63. The Kier molecular flexibility index (Phi) is 4.96. The summed E-state index contributed by atoms with van der Waals surface area (Å²) in [6, 6.07) is 3.40. The number of nitrogens with zero attached hydrogens (tertiary/aromatic N) is 5. The van der Waals surface area contributed by atoms with Gasteiger partial charge in [0.25, 0.3) is 0 Å². The minimum absolute atomic E-state index is 0.141. The monoisotopic (exact) mass is 433 g/mol. The van der Waals surface area contributed by atoms with Crippen LogP contribution < -0.4 is 9.47 Å². The number of hydrogen-bond acceptors (Lipinski definition) is 6. The van der Waals surface area contributed by atoms with Gasteiger partial charge >= 0.3 is 6.18 Å². The molecule has 0 aliphatic rings. The van der Waals surface area contributed by atoms with E-state index in [2.05, 4.69) is 15.1 Å². The molecule has 0 fully saturated rings. The lowest BCUT2D eigenvalue weighted by atomic mass is 10.1. The van der Waals surface area contributed by atoms with Crippen LogP contribution in [0.3, 0.4) is 0 Å². The van der Waals surface area contributed by atoms with Gasteiger partial charge < -0.3 is 14.6 Å². The Labute approximate surface area is 174 Å². The Bertz CT molecular complexity index is 1260. The summed E-state index contributed by atoms with van der Waals surface area (Å²) in [5.74, 6) is 0.756.